The molecule has 3 aromatic rings. The topological polar surface area (TPSA) is 75.3 Å². The van der Waals surface area contributed by atoms with Crippen molar-refractivity contribution in [3.05, 3.63) is 71.4 Å². The largest absolute Gasteiger partial charge is 0.496 e. The number of hydrogen-bond acceptors (Lipinski definition) is 4. The average Bonchev–Trinajstić information content (AvgIpc) is 3.21. The molecular formula is C19H15N3O3. The standard InChI is InChI=1S/C19H15N3O3/c1-25-17-9-5-4-8-15(17)16-10-12(20-21-16)11-22-18(23)13-6-2-3-7-14(13)19(22)24/h2-10H,11H2,1H3,(H,20,21). The molecular weight excluding hydrogens is 318 g/mol. The van der Waals surface area contributed by atoms with Gasteiger partial charge in [-0.15, -0.1) is 0 Å². The van der Waals surface area contributed by atoms with Gasteiger partial charge in [0.2, 0.25) is 0 Å². The number of carbonyl (C=O) groups excluding carboxylic acids is 2. The highest BCUT2D eigenvalue weighted by Crippen LogP contribution is 2.29. The zero-order valence-electron chi connectivity index (χ0n) is 13.5. The van der Waals surface area contributed by atoms with Crippen LogP contribution in [0.5, 0.6) is 5.75 Å². The van der Waals surface area contributed by atoms with E-state index in [1.165, 1.54) is 4.90 Å². The van der Waals surface area contributed by atoms with E-state index in [0.29, 0.717) is 16.8 Å². The Hall–Kier alpha value is -3.41. The molecule has 1 aromatic heterocycles. The third-order valence-corrected chi connectivity index (χ3v) is 4.23. The van der Waals surface area contributed by atoms with Gasteiger partial charge in [-0.2, -0.15) is 5.10 Å². The average molecular weight is 333 g/mol. The highest BCUT2D eigenvalue weighted by molar-refractivity contribution is 6.21. The van der Waals surface area contributed by atoms with E-state index in [1.54, 1.807) is 31.4 Å². The molecule has 0 radical (unpaired) electrons. The second kappa shape index (κ2) is 5.90. The van der Waals surface area contributed by atoms with Gasteiger partial charge in [0.25, 0.3) is 11.8 Å². The Balaban J connectivity index is 1.61. The molecule has 2 aromatic carbocycles. The summed E-state index contributed by atoms with van der Waals surface area (Å²) >= 11 is 0. The number of nitrogens with zero attached hydrogens (tertiary/aromatic N) is 2. The lowest BCUT2D eigenvalue weighted by Gasteiger charge is -2.11. The highest BCUT2D eigenvalue weighted by Gasteiger charge is 2.35. The number of carbonyl (C=O) groups is 2. The van der Waals surface area contributed by atoms with Crippen LogP contribution in [0.15, 0.2) is 54.6 Å². The molecule has 0 atom stereocenters. The lowest BCUT2D eigenvalue weighted by molar-refractivity contribution is 0.0640. The molecule has 0 unspecified atom stereocenters. The maximum absolute atomic E-state index is 12.4. The summed E-state index contributed by atoms with van der Waals surface area (Å²) in [5.41, 5.74) is 3.12. The minimum Gasteiger partial charge on any atom is -0.496 e. The molecule has 124 valence electrons. The fourth-order valence-corrected chi connectivity index (χ4v) is 2.99. The van der Waals surface area contributed by atoms with Crippen LogP contribution in [-0.4, -0.2) is 34.0 Å². The van der Waals surface area contributed by atoms with Gasteiger partial charge < -0.3 is 4.74 Å². The number of aromatic nitrogens is 2. The van der Waals surface area contributed by atoms with Crippen LogP contribution in [0.1, 0.15) is 26.4 Å². The number of methoxy groups -OCH3 is 1. The molecule has 6 heteroatoms. The van der Waals surface area contributed by atoms with Crippen LogP contribution >= 0.6 is 0 Å². The maximum atomic E-state index is 12.4. The van der Waals surface area contributed by atoms with Gasteiger partial charge in [0, 0.05) is 5.56 Å². The molecule has 1 N–H and O–H groups in total. The summed E-state index contributed by atoms with van der Waals surface area (Å²) in [6, 6.07) is 16.2. The van der Waals surface area contributed by atoms with Crippen molar-refractivity contribution in [2.45, 2.75) is 6.54 Å². The van der Waals surface area contributed by atoms with Crippen LogP contribution < -0.4 is 4.74 Å². The van der Waals surface area contributed by atoms with Crippen molar-refractivity contribution in [1.82, 2.24) is 15.1 Å². The first-order valence-electron chi connectivity index (χ1n) is 7.82. The van der Waals surface area contributed by atoms with Crippen LogP contribution in [0.3, 0.4) is 0 Å². The number of hydrogen-bond donors (Lipinski definition) is 1. The number of ether oxygens (including phenoxy) is 1. The summed E-state index contributed by atoms with van der Waals surface area (Å²) in [6.45, 7) is 0.123. The van der Waals surface area contributed by atoms with Gasteiger partial charge in [-0.3, -0.25) is 19.6 Å². The summed E-state index contributed by atoms with van der Waals surface area (Å²) in [5, 5.41) is 7.18. The monoisotopic (exact) mass is 333 g/mol. The van der Waals surface area contributed by atoms with Crippen molar-refractivity contribution in [1.29, 1.82) is 0 Å². The van der Waals surface area contributed by atoms with E-state index in [-0.39, 0.29) is 18.4 Å². The second-order valence-corrected chi connectivity index (χ2v) is 5.72. The van der Waals surface area contributed by atoms with Gasteiger partial charge in [-0.05, 0) is 30.3 Å². The third-order valence-electron chi connectivity index (χ3n) is 4.23. The Kier molecular flexibility index (Phi) is 3.57. The first-order chi connectivity index (χ1) is 12.2. The third kappa shape index (κ3) is 2.48. The number of nitrogens with one attached hydrogen (secondary N) is 1. The van der Waals surface area contributed by atoms with Crippen molar-refractivity contribution in [3.63, 3.8) is 0 Å². The van der Waals surface area contributed by atoms with E-state index >= 15 is 0 Å². The molecule has 1 aliphatic heterocycles. The molecule has 2 heterocycles. The van der Waals surface area contributed by atoms with E-state index in [9.17, 15) is 9.59 Å². The van der Waals surface area contributed by atoms with Crippen molar-refractivity contribution in [2.75, 3.05) is 7.11 Å². The van der Waals surface area contributed by atoms with Gasteiger partial charge in [0.05, 0.1) is 36.2 Å². The van der Waals surface area contributed by atoms with E-state index in [4.69, 9.17) is 4.74 Å². The molecule has 0 saturated carbocycles. The van der Waals surface area contributed by atoms with Crippen molar-refractivity contribution in [2.24, 2.45) is 0 Å². The van der Waals surface area contributed by atoms with Crippen LogP contribution in [0, 0.1) is 0 Å². The quantitative estimate of drug-likeness (QED) is 0.745. The van der Waals surface area contributed by atoms with Crippen LogP contribution in [-0.2, 0) is 6.54 Å². The molecule has 6 nitrogen and oxygen atoms in total. The van der Waals surface area contributed by atoms with Gasteiger partial charge >= 0.3 is 0 Å². The molecule has 0 aliphatic carbocycles. The van der Waals surface area contributed by atoms with Gasteiger partial charge in [-0.1, -0.05) is 24.3 Å². The number of fused-ring (bicyclic) bond motifs is 1. The predicted octanol–water partition coefficient (Wildman–Crippen LogP) is 2.88. The Labute approximate surface area is 144 Å². The second-order valence-electron chi connectivity index (χ2n) is 5.72. The summed E-state index contributed by atoms with van der Waals surface area (Å²) in [5.74, 6) is 0.142. The SMILES string of the molecule is COc1ccccc1-c1cc(CN2C(=O)c3ccccc3C2=O)n[nH]1. The number of benzene rings is 2. The fraction of sp³-hybridized carbons (Fsp3) is 0.105. The molecule has 4 rings (SSSR count). The summed E-state index contributed by atoms with van der Waals surface area (Å²) in [4.78, 5) is 26.1. The lowest BCUT2D eigenvalue weighted by atomic mass is 10.1. The number of amides is 2. The first-order valence-corrected chi connectivity index (χ1v) is 7.82. The fourth-order valence-electron chi connectivity index (χ4n) is 2.99. The van der Waals surface area contributed by atoms with Crippen molar-refractivity contribution < 1.29 is 14.3 Å². The maximum Gasteiger partial charge on any atom is 0.261 e. The minimum absolute atomic E-state index is 0.123. The van der Waals surface area contributed by atoms with Gasteiger partial charge in [-0.25, -0.2) is 0 Å². The van der Waals surface area contributed by atoms with Gasteiger partial charge in [0.1, 0.15) is 5.75 Å². The number of rotatable bonds is 4. The van der Waals surface area contributed by atoms with Crippen LogP contribution in [0.4, 0.5) is 0 Å². The molecule has 0 fully saturated rings. The normalized spacial score (nSPS) is 13.2. The van der Waals surface area contributed by atoms with E-state index in [2.05, 4.69) is 10.2 Å². The molecule has 2 amide bonds. The van der Waals surface area contributed by atoms with E-state index < -0.39 is 0 Å². The minimum atomic E-state index is -0.289. The molecule has 25 heavy (non-hydrogen) atoms. The predicted molar refractivity (Wildman–Crippen MR) is 91.2 cm³/mol. The molecule has 0 bridgehead atoms. The molecule has 0 saturated heterocycles. The first kappa shape index (κ1) is 15.1. The molecule has 1 aliphatic rings. The van der Waals surface area contributed by atoms with Gasteiger partial charge in [0.15, 0.2) is 0 Å². The number of aromatic amines is 1. The Morgan fingerprint density at radius 3 is 2.20 bits per heavy atom. The smallest absolute Gasteiger partial charge is 0.261 e. The van der Waals surface area contributed by atoms with Crippen molar-refractivity contribution >= 4 is 11.8 Å². The number of H-pyrrole nitrogens is 1. The summed E-state index contributed by atoms with van der Waals surface area (Å²) < 4.78 is 5.35. The Bertz CT molecular complexity index is 942. The Morgan fingerprint density at radius 1 is 0.960 bits per heavy atom. The summed E-state index contributed by atoms with van der Waals surface area (Å²) in [6.07, 6.45) is 0. The van der Waals surface area contributed by atoms with E-state index in [0.717, 1.165) is 17.0 Å². The lowest BCUT2D eigenvalue weighted by Crippen LogP contribution is -2.29. The highest BCUT2D eigenvalue weighted by atomic mass is 16.5. The summed E-state index contributed by atoms with van der Waals surface area (Å²) in [7, 11) is 1.61. The number of imide groups is 1. The molecule has 0 spiro atoms. The Morgan fingerprint density at radius 2 is 1.56 bits per heavy atom. The zero-order valence-corrected chi connectivity index (χ0v) is 13.5. The van der Waals surface area contributed by atoms with Crippen LogP contribution in [0.2, 0.25) is 0 Å². The zero-order chi connectivity index (χ0) is 17.4. The van der Waals surface area contributed by atoms with E-state index in [1.807, 2.05) is 30.3 Å². The van der Waals surface area contributed by atoms with Crippen LogP contribution in [0.25, 0.3) is 11.3 Å². The van der Waals surface area contributed by atoms with Crippen molar-refractivity contribution in [3.8, 4) is 17.0 Å². The number of para-hydroxylation sites is 1.